The SMILES string of the molecule is C=CCOc1ccc(C2/C(=C(\O)c3ccc(F)cc3)C(=O)C(=O)N2c2nnc(SCc3ccc(C)cc3)s2)cc1OCC. The number of rotatable bonds is 11. The quantitative estimate of drug-likeness (QED) is 0.0486. The van der Waals surface area contributed by atoms with Crippen LogP contribution < -0.4 is 14.4 Å². The molecule has 1 amide bonds. The predicted octanol–water partition coefficient (Wildman–Crippen LogP) is 6.87. The van der Waals surface area contributed by atoms with E-state index < -0.39 is 29.3 Å². The molecule has 0 bridgehead atoms. The highest BCUT2D eigenvalue weighted by molar-refractivity contribution is 8.00. The number of aryl methyl sites for hydroxylation is 1. The summed E-state index contributed by atoms with van der Waals surface area (Å²) in [7, 11) is 0. The number of halogens is 1. The summed E-state index contributed by atoms with van der Waals surface area (Å²) in [5.41, 5.74) is 2.77. The van der Waals surface area contributed by atoms with E-state index in [-0.39, 0.29) is 22.9 Å². The summed E-state index contributed by atoms with van der Waals surface area (Å²) in [5, 5.41) is 20.0. The van der Waals surface area contributed by atoms with Crippen LogP contribution in [0.15, 0.2) is 89.3 Å². The van der Waals surface area contributed by atoms with E-state index in [4.69, 9.17) is 9.47 Å². The number of ether oxygens (including phenoxy) is 2. The summed E-state index contributed by atoms with van der Waals surface area (Å²) in [5.74, 6) is -1.23. The van der Waals surface area contributed by atoms with Crippen molar-refractivity contribution in [3.8, 4) is 11.5 Å². The lowest BCUT2D eigenvalue weighted by Crippen LogP contribution is -2.29. The van der Waals surface area contributed by atoms with Crippen molar-refractivity contribution in [2.75, 3.05) is 18.1 Å². The topological polar surface area (TPSA) is 102 Å². The number of aromatic nitrogens is 2. The Bertz CT molecular complexity index is 1690. The number of benzene rings is 3. The second kappa shape index (κ2) is 13.2. The van der Waals surface area contributed by atoms with Gasteiger partial charge in [-0.1, -0.05) is 71.6 Å². The maximum Gasteiger partial charge on any atom is 0.301 e. The molecule has 0 saturated carbocycles. The average molecular weight is 618 g/mol. The molecular weight excluding hydrogens is 590 g/mol. The fourth-order valence-corrected chi connectivity index (χ4v) is 6.35. The van der Waals surface area contributed by atoms with Gasteiger partial charge in [0.05, 0.1) is 18.2 Å². The second-order valence-electron chi connectivity index (χ2n) is 9.54. The monoisotopic (exact) mass is 617 g/mol. The molecular formula is C32H28FN3O5S2. The molecule has 1 saturated heterocycles. The van der Waals surface area contributed by atoms with Crippen molar-refractivity contribution in [3.05, 3.63) is 113 Å². The Morgan fingerprint density at radius 3 is 2.51 bits per heavy atom. The van der Waals surface area contributed by atoms with Gasteiger partial charge in [-0.3, -0.25) is 14.5 Å². The van der Waals surface area contributed by atoms with Gasteiger partial charge in [0.1, 0.15) is 18.2 Å². The lowest BCUT2D eigenvalue weighted by molar-refractivity contribution is -0.132. The summed E-state index contributed by atoms with van der Waals surface area (Å²) in [6.07, 6.45) is 1.60. The fraction of sp³-hybridized carbons (Fsp3) is 0.188. The number of hydrogen-bond donors (Lipinski definition) is 1. The van der Waals surface area contributed by atoms with Crippen molar-refractivity contribution < 1.29 is 28.6 Å². The number of ketones is 1. The van der Waals surface area contributed by atoms with Crippen molar-refractivity contribution in [1.29, 1.82) is 0 Å². The van der Waals surface area contributed by atoms with Gasteiger partial charge in [0, 0.05) is 11.3 Å². The first-order valence-corrected chi connectivity index (χ1v) is 15.2. The highest BCUT2D eigenvalue weighted by atomic mass is 32.2. The van der Waals surface area contributed by atoms with E-state index in [0.29, 0.717) is 33.8 Å². The first-order valence-electron chi connectivity index (χ1n) is 13.4. The average Bonchev–Trinajstić information content (AvgIpc) is 3.58. The molecule has 220 valence electrons. The van der Waals surface area contributed by atoms with Gasteiger partial charge in [-0.25, -0.2) is 4.39 Å². The summed E-state index contributed by atoms with van der Waals surface area (Å²) in [6, 6.07) is 17.1. The number of thioether (sulfide) groups is 1. The zero-order valence-corrected chi connectivity index (χ0v) is 25.1. The lowest BCUT2D eigenvalue weighted by atomic mass is 9.95. The number of aliphatic hydroxyl groups excluding tert-OH is 1. The molecule has 11 heteroatoms. The third-order valence-corrected chi connectivity index (χ3v) is 8.71. The maximum absolute atomic E-state index is 13.7. The Kier molecular flexibility index (Phi) is 9.22. The minimum Gasteiger partial charge on any atom is -0.507 e. The third kappa shape index (κ3) is 6.47. The molecule has 1 unspecified atom stereocenters. The number of anilines is 1. The Morgan fingerprint density at radius 1 is 1.07 bits per heavy atom. The van der Waals surface area contributed by atoms with E-state index in [9.17, 15) is 19.1 Å². The Labute approximate surface area is 256 Å². The van der Waals surface area contributed by atoms with Crippen molar-refractivity contribution in [1.82, 2.24) is 10.2 Å². The van der Waals surface area contributed by atoms with E-state index in [1.807, 2.05) is 38.1 Å². The lowest BCUT2D eigenvalue weighted by Gasteiger charge is -2.23. The summed E-state index contributed by atoms with van der Waals surface area (Å²) >= 11 is 2.63. The zero-order chi connectivity index (χ0) is 30.5. The van der Waals surface area contributed by atoms with E-state index in [1.165, 1.54) is 52.3 Å². The molecule has 1 aliphatic heterocycles. The molecule has 0 spiro atoms. The van der Waals surface area contributed by atoms with Crippen molar-refractivity contribution in [2.24, 2.45) is 0 Å². The summed E-state index contributed by atoms with van der Waals surface area (Å²) in [4.78, 5) is 28.3. The zero-order valence-electron chi connectivity index (χ0n) is 23.5. The predicted molar refractivity (Wildman–Crippen MR) is 165 cm³/mol. The van der Waals surface area contributed by atoms with Crippen LogP contribution in [0.5, 0.6) is 11.5 Å². The van der Waals surface area contributed by atoms with Crippen LogP contribution in [0.4, 0.5) is 9.52 Å². The standard InChI is InChI=1S/C32H28FN3O5S2/c1-4-16-41-24-15-12-22(17-25(24)40-5-2)27-26(28(37)21-10-13-23(33)14-11-21)29(38)30(39)36(27)31-34-35-32(43-31)42-18-20-8-6-19(3)7-9-20/h4,6-15,17,27,37H,1,5,16,18H2,2-3H3/b28-26+. The molecule has 4 aromatic rings. The number of carbonyl (C=O) groups is 2. The van der Waals surface area contributed by atoms with Crippen LogP contribution in [-0.2, 0) is 15.3 Å². The smallest absolute Gasteiger partial charge is 0.301 e. The van der Waals surface area contributed by atoms with Gasteiger partial charge in [0.2, 0.25) is 5.13 Å². The number of aliphatic hydroxyl groups is 1. The fourth-order valence-electron chi connectivity index (χ4n) is 4.53. The van der Waals surface area contributed by atoms with Gasteiger partial charge in [-0.15, -0.1) is 10.2 Å². The number of nitrogens with zero attached hydrogens (tertiary/aromatic N) is 3. The molecule has 1 aromatic heterocycles. The molecule has 43 heavy (non-hydrogen) atoms. The van der Waals surface area contributed by atoms with E-state index in [1.54, 1.807) is 24.3 Å². The van der Waals surface area contributed by atoms with Crippen molar-refractivity contribution in [2.45, 2.75) is 30.0 Å². The van der Waals surface area contributed by atoms with Crippen LogP contribution in [0.1, 0.15) is 35.2 Å². The molecule has 2 heterocycles. The normalized spacial score (nSPS) is 16.0. The van der Waals surface area contributed by atoms with Crippen LogP contribution >= 0.6 is 23.1 Å². The largest absolute Gasteiger partial charge is 0.507 e. The molecule has 1 fully saturated rings. The maximum atomic E-state index is 13.7. The van der Waals surface area contributed by atoms with Crippen LogP contribution in [0, 0.1) is 12.7 Å². The number of amides is 1. The van der Waals surface area contributed by atoms with Crippen LogP contribution in [-0.4, -0.2) is 40.2 Å². The molecule has 1 atom stereocenters. The molecule has 0 radical (unpaired) electrons. The van der Waals surface area contributed by atoms with Gasteiger partial charge in [-0.05, 0) is 61.4 Å². The summed E-state index contributed by atoms with van der Waals surface area (Å²) < 4.78 is 25.8. The minimum absolute atomic E-state index is 0.164. The van der Waals surface area contributed by atoms with Gasteiger partial charge in [-0.2, -0.15) is 0 Å². The van der Waals surface area contributed by atoms with E-state index in [2.05, 4.69) is 16.8 Å². The van der Waals surface area contributed by atoms with Gasteiger partial charge in [0.25, 0.3) is 5.78 Å². The minimum atomic E-state index is -1.07. The first-order chi connectivity index (χ1) is 20.8. The van der Waals surface area contributed by atoms with Crippen LogP contribution in [0.25, 0.3) is 5.76 Å². The second-order valence-corrected chi connectivity index (χ2v) is 11.7. The summed E-state index contributed by atoms with van der Waals surface area (Å²) in [6.45, 7) is 8.10. The number of hydrogen-bond acceptors (Lipinski definition) is 9. The molecule has 8 nitrogen and oxygen atoms in total. The van der Waals surface area contributed by atoms with Gasteiger partial charge < -0.3 is 14.6 Å². The third-order valence-electron chi connectivity index (χ3n) is 6.59. The molecule has 1 N–H and O–H groups in total. The highest BCUT2D eigenvalue weighted by Crippen LogP contribution is 2.45. The molecule has 3 aromatic carbocycles. The Hall–Kier alpha value is -4.48. The van der Waals surface area contributed by atoms with E-state index in [0.717, 1.165) is 11.1 Å². The van der Waals surface area contributed by atoms with E-state index >= 15 is 0 Å². The molecule has 1 aliphatic rings. The van der Waals surface area contributed by atoms with Crippen molar-refractivity contribution >= 4 is 45.7 Å². The van der Waals surface area contributed by atoms with Crippen LogP contribution in [0.3, 0.4) is 0 Å². The van der Waals surface area contributed by atoms with Crippen molar-refractivity contribution in [3.63, 3.8) is 0 Å². The van der Waals surface area contributed by atoms with Crippen LogP contribution in [0.2, 0.25) is 0 Å². The first kappa shape index (κ1) is 30.0. The van der Waals surface area contributed by atoms with Gasteiger partial charge >= 0.3 is 5.91 Å². The number of Topliss-reactive ketones (excluding diaryl/α,β-unsaturated/α-hetero) is 1. The molecule has 5 rings (SSSR count). The Morgan fingerprint density at radius 2 is 1.81 bits per heavy atom. The Balaban J connectivity index is 1.57. The highest BCUT2D eigenvalue weighted by Gasteiger charge is 2.48. The number of carbonyl (C=O) groups excluding carboxylic acids is 2. The van der Waals surface area contributed by atoms with Gasteiger partial charge in [0.15, 0.2) is 15.8 Å². The molecule has 0 aliphatic carbocycles.